The van der Waals surface area contributed by atoms with Crippen LogP contribution >= 0.6 is 7.82 Å². The maximum absolute atomic E-state index is 13.5. The maximum atomic E-state index is 13.5. The van der Waals surface area contributed by atoms with Crippen LogP contribution in [0.25, 0.3) is 0 Å². The van der Waals surface area contributed by atoms with Gasteiger partial charge in [-0.05, 0) is 76.7 Å². The Kier molecular flexibility index (Phi) is 55.7. The SMILES string of the molecule is CCCCCCCC/C=C\C/C=C/CCC(=O)NC(COP(=O)(O)OCC[N+](C)(C)C)C(/C=C\CCCCCCCCCCC)OC(=O)CCCCCCCCCCCCCCCCCCC/C=C/CCCCCCCC. The molecule has 1 amide bonds. The fourth-order valence-corrected chi connectivity index (χ4v) is 10.4. The second kappa shape index (κ2) is 57.2. The Morgan fingerprint density at radius 3 is 1.21 bits per heavy atom. The van der Waals surface area contributed by atoms with Gasteiger partial charge in [-0.2, -0.15) is 0 Å². The van der Waals surface area contributed by atoms with Gasteiger partial charge in [-0.1, -0.05) is 275 Å². The van der Waals surface area contributed by atoms with Gasteiger partial charge in [-0.3, -0.25) is 18.6 Å². The summed E-state index contributed by atoms with van der Waals surface area (Å²) in [5, 5.41) is 3.01. The molecule has 0 saturated heterocycles. The van der Waals surface area contributed by atoms with Crippen LogP contribution in [-0.4, -0.2) is 74.3 Å². The van der Waals surface area contributed by atoms with Gasteiger partial charge in [0, 0.05) is 12.8 Å². The number of ether oxygens (including phenoxy) is 1. The molecule has 0 heterocycles. The van der Waals surface area contributed by atoms with Gasteiger partial charge in [0.1, 0.15) is 19.3 Å². The Bertz CT molecular complexity index is 1460. The van der Waals surface area contributed by atoms with Crippen molar-refractivity contribution in [2.75, 3.05) is 40.9 Å². The van der Waals surface area contributed by atoms with Crippen LogP contribution in [0.15, 0.2) is 48.6 Å². The first-order valence-electron chi connectivity index (χ1n) is 33.0. The Labute approximate surface area is 478 Å². The quantitative estimate of drug-likeness (QED) is 0.0205. The summed E-state index contributed by atoms with van der Waals surface area (Å²) in [5.41, 5.74) is 0. The lowest BCUT2D eigenvalue weighted by atomic mass is 10.0. The molecule has 0 bridgehead atoms. The Balaban J connectivity index is 4.99. The lowest BCUT2D eigenvalue weighted by molar-refractivity contribution is -0.870. The zero-order chi connectivity index (χ0) is 56.4. The van der Waals surface area contributed by atoms with Crippen molar-refractivity contribution in [1.82, 2.24) is 5.32 Å². The smallest absolute Gasteiger partial charge is 0.456 e. The molecule has 3 unspecified atom stereocenters. The molecule has 0 aromatic carbocycles. The maximum Gasteiger partial charge on any atom is 0.472 e. The molecule has 0 aliphatic rings. The molecule has 0 rings (SSSR count). The highest BCUT2D eigenvalue weighted by Gasteiger charge is 2.30. The number of allylic oxidation sites excluding steroid dienone is 7. The summed E-state index contributed by atoms with van der Waals surface area (Å²) in [5.74, 6) is -0.573. The fraction of sp³-hybridized carbons (Fsp3) is 0.851. The van der Waals surface area contributed by atoms with Crippen molar-refractivity contribution in [2.45, 2.75) is 328 Å². The van der Waals surface area contributed by atoms with Crippen LogP contribution in [0.5, 0.6) is 0 Å². The van der Waals surface area contributed by atoms with Crippen molar-refractivity contribution in [2.24, 2.45) is 0 Å². The van der Waals surface area contributed by atoms with Crippen molar-refractivity contribution >= 4 is 19.7 Å². The zero-order valence-corrected chi connectivity index (χ0v) is 52.6. The number of hydrogen-bond acceptors (Lipinski definition) is 6. The number of nitrogens with one attached hydrogen (secondary N) is 1. The number of phosphoric acid groups is 1. The lowest BCUT2D eigenvalue weighted by Gasteiger charge is -2.27. The fourth-order valence-electron chi connectivity index (χ4n) is 9.63. The number of esters is 1. The van der Waals surface area contributed by atoms with Gasteiger partial charge in [0.05, 0.1) is 33.8 Å². The molecule has 0 aliphatic carbocycles. The van der Waals surface area contributed by atoms with Crippen molar-refractivity contribution in [3.8, 4) is 0 Å². The predicted molar refractivity (Wildman–Crippen MR) is 332 cm³/mol. The molecule has 0 aromatic heterocycles. The lowest BCUT2D eigenvalue weighted by Crippen LogP contribution is -2.47. The van der Waals surface area contributed by atoms with E-state index in [2.05, 4.69) is 56.5 Å². The number of rotatable bonds is 60. The minimum absolute atomic E-state index is 0.0322. The number of phosphoric ester groups is 1. The number of nitrogens with zero attached hydrogens (tertiary/aromatic N) is 1. The van der Waals surface area contributed by atoms with E-state index in [4.69, 9.17) is 13.8 Å². The highest BCUT2D eigenvalue weighted by molar-refractivity contribution is 7.47. The molecule has 0 radical (unpaired) electrons. The summed E-state index contributed by atoms with van der Waals surface area (Å²) in [7, 11) is 1.47. The van der Waals surface area contributed by atoms with Crippen LogP contribution in [0.2, 0.25) is 0 Å². The monoisotopic (exact) mass is 1100 g/mol. The highest BCUT2D eigenvalue weighted by Crippen LogP contribution is 2.43. The summed E-state index contributed by atoms with van der Waals surface area (Å²) in [6.45, 7) is 6.98. The third-order valence-electron chi connectivity index (χ3n) is 14.8. The van der Waals surface area contributed by atoms with Crippen LogP contribution < -0.4 is 5.32 Å². The summed E-state index contributed by atoms with van der Waals surface area (Å²) in [4.78, 5) is 37.6. The number of hydrogen-bond donors (Lipinski definition) is 2. The van der Waals surface area contributed by atoms with E-state index in [0.29, 0.717) is 17.4 Å². The van der Waals surface area contributed by atoms with E-state index in [1.807, 2.05) is 39.4 Å². The molecule has 77 heavy (non-hydrogen) atoms. The average molecular weight is 1100 g/mol. The van der Waals surface area contributed by atoms with Gasteiger partial charge in [0.2, 0.25) is 5.91 Å². The molecule has 0 aromatic rings. The van der Waals surface area contributed by atoms with E-state index in [1.54, 1.807) is 0 Å². The van der Waals surface area contributed by atoms with E-state index in [1.165, 1.54) is 225 Å². The van der Waals surface area contributed by atoms with Gasteiger partial charge in [-0.15, -0.1) is 0 Å². The molecule has 0 spiro atoms. The molecular formula is C67H128N2O7P+. The molecule has 10 heteroatoms. The van der Waals surface area contributed by atoms with Gasteiger partial charge < -0.3 is 19.4 Å². The average Bonchev–Trinajstić information content (AvgIpc) is 3.39. The first-order chi connectivity index (χ1) is 37.4. The van der Waals surface area contributed by atoms with Gasteiger partial charge >= 0.3 is 13.8 Å². The number of carbonyl (C=O) groups excluding carboxylic acids is 2. The highest BCUT2D eigenvalue weighted by atomic mass is 31.2. The van der Waals surface area contributed by atoms with Crippen LogP contribution in [-0.2, 0) is 27.9 Å². The van der Waals surface area contributed by atoms with Crippen molar-refractivity contribution in [1.29, 1.82) is 0 Å². The second-order valence-corrected chi connectivity index (χ2v) is 25.1. The number of likely N-dealkylation sites (N-methyl/N-ethyl adjacent to an activating group) is 1. The molecule has 3 atom stereocenters. The van der Waals surface area contributed by atoms with Gasteiger partial charge in [-0.25, -0.2) is 4.57 Å². The number of unbranched alkanes of at least 4 members (excludes halogenated alkanes) is 38. The largest absolute Gasteiger partial charge is 0.472 e. The Morgan fingerprint density at radius 2 is 0.805 bits per heavy atom. The minimum atomic E-state index is -4.46. The topological polar surface area (TPSA) is 111 Å². The standard InChI is InChI=1S/C67H127N2O7P/c1-7-10-13-16-19-22-25-27-28-29-30-31-32-33-34-35-36-37-38-39-40-42-45-48-51-54-57-60-67(71)76-65(58-55-52-49-46-43-24-21-18-15-12-9-3)64(63-75-77(72,73)74-62-61-69(4,5)6)68-66(70)59-56-53-50-47-44-41-26-23-20-17-14-11-8-2/h27-28,41,44,50,53,55,58,64-65H,7-26,29-40,42-43,45-49,51-52,54,56-57,59-63H2,1-6H3,(H-,68,70,72,73)/p+1/b28-27+,44-41-,53-50+,58-55-. The molecule has 0 saturated carbocycles. The van der Waals surface area contributed by atoms with Gasteiger partial charge in [0.15, 0.2) is 0 Å². The molecule has 0 fully saturated rings. The van der Waals surface area contributed by atoms with E-state index >= 15 is 0 Å². The summed E-state index contributed by atoms with van der Waals surface area (Å²) in [6, 6.07) is -0.876. The van der Waals surface area contributed by atoms with E-state index in [9.17, 15) is 19.0 Å². The summed E-state index contributed by atoms with van der Waals surface area (Å²) in [6.07, 6.45) is 71.5. The van der Waals surface area contributed by atoms with E-state index in [-0.39, 0.29) is 37.9 Å². The minimum Gasteiger partial charge on any atom is -0.456 e. The second-order valence-electron chi connectivity index (χ2n) is 23.6. The third-order valence-corrected chi connectivity index (χ3v) is 15.7. The molecule has 2 N–H and O–H groups in total. The summed E-state index contributed by atoms with van der Waals surface area (Å²) < 4.78 is 30.6. The molecule has 9 nitrogen and oxygen atoms in total. The summed E-state index contributed by atoms with van der Waals surface area (Å²) >= 11 is 0. The number of carbonyl (C=O) groups is 2. The third kappa shape index (κ3) is 58.4. The van der Waals surface area contributed by atoms with Crippen molar-refractivity contribution < 1.29 is 37.3 Å². The van der Waals surface area contributed by atoms with Crippen LogP contribution in [0.3, 0.4) is 0 Å². The van der Waals surface area contributed by atoms with Gasteiger partial charge in [0.25, 0.3) is 0 Å². The number of amides is 1. The Morgan fingerprint density at radius 1 is 0.455 bits per heavy atom. The molecule has 0 aliphatic heterocycles. The van der Waals surface area contributed by atoms with Crippen LogP contribution in [0.1, 0.15) is 316 Å². The molecular weight excluding hydrogens is 976 g/mol. The normalized spacial score (nSPS) is 13.9. The van der Waals surface area contributed by atoms with E-state index in [0.717, 1.165) is 51.4 Å². The Hall–Kier alpha value is -2.03. The van der Waals surface area contributed by atoms with Crippen molar-refractivity contribution in [3.63, 3.8) is 0 Å². The number of quaternary nitrogens is 1. The molecule has 452 valence electrons. The first-order valence-corrected chi connectivity index (χ1v) is 34.5. The predicted octanol–water partition coefficient (Wildman–Crippen LogP) is 20.5. The van der Waals surface area contributed by atoms with Crippen molar-refractivity contribution in [3.05, 3.63) is 48.6 Å². The zero-order valence-electron chi connectivity index (χ0n) is 51.7. The van der Waals surface area contributed by atoms with E-state index < -0.39 is 20.0 Å². The first kappa shape index (κ1) is 75.0. The van der Waals surface area contributed by atoms with Crippen LogP contribution in [0, 0.1) is 0 Å². The van der Waals surface area contributed by atoms with Crippen LogP contribution in [0.4, 0.5) is 0 Å².